The highest BCUT2D eigenvalue weighted by Crippen LogP contribution is 2.20. The first-order valence-corrected chi connectivity index (χ1v) is 5.85. The zero-order valence-corrected chi connectivity index (χ0v) is 10.7. The van der Waals surface area contributed by atoms with E-state index in [1.54, 1.807) is 0 Å². The molecule has 2 N–H and O–H groups in total. The van der Waals surface area contributed by atoms with Crippen LogP contribution in [0.25, 0.3) is 11.4 Å². The number of hydrogen-bond acceptors (Lipinski definition) is 3. The molecule has 2 aromatic rings. The van der Waals surface area contributed by atoms with Gasteiger partial charge in [0, 0.05) is 17.3 Å². The number of H-pyrrole nitrogens is 1. The molecule has 5 nitrogen and oxygen atoms in total. The number of aliphatic carboxylic acids is 1. The summed E-state index contributed by atoms with van der Waals surface area (Å²) in [5.74, 6) is -0.591. The Kier molecular flexibility index (Phi) is 3.46. The van der Waals surface area contributed by atoms with Crippen LogP contribution in [0.2, 0.25) is 0 Å². The van der Waals surface area contributed by atoms with Crippen molar-refractivity contribution in [1.29, 1.82) is 0 Å². The summed E-state index contributed by atoms with van der Waals surface area (Å²) in [7, 11) is 0. The lowest BCUT2D eigenvalue weighted by Crippen LogP contribution is -2.17. The number of benzene rings is 1. The van der Waals surface area contributed by atoms with Crippen molar-refractivity contribution in [2.75, 3.05) is 0 Å². The molecule has 98 valence electrons. The summed E-state index contributed by atoms with van der Waals surface area (Å²) < 4.78 is 0. The molecule has 0 aliphatic rings. The van der Waals surface area contributed by atoms with Gasteiger partial charge < -0.3 is 10.1 Å². The first-order chi connectivity index (χ1) is 8.97. The van der Waals surface area contributed by atoms with Crippen LogP contribution in [-0.2, 0) is 11.2 Å². The molecule has 0 saturated heterocycles. The third-order valence-corrected chi connectivity index (χ3v) is 2.86. The molecular formula is C14H14N2O3. The maximum atomic E-state index is 11.8. The van der Waals surface area contributed by atoms with Gasteiger partial charge in [0.25, 0.3) is 5.56 Å². The van der Waals surface area contributed by atoms with Crippen molar-refractivity contribution < 1.29 is 9.90 Å². The van der Waals surface area contributed by atoms with Crippen molar-refractivity contribution >= 4 is 5.97 Å². The van der Waals surface area contributed by atoms with Gasteiger partial charge in [0.2, 0.25) is 0 Å². The van der Waals surface area contributed by atoms with Crippen LogP contribution in [0.4, 0.5) is 0 Å². The predicted molar refractivity (Wildman–Crippen MR) is 71.1 cm³/mol. The van der Waals surface area contributed by atoms with E-state index in [1.165, 1.54) is 6.20 Å². The molecule has 1 heterocycles. The van der Waals surface area contributed by atoms with Crippen LogP contribution in [0.3, 0.4) is 0 Å². The lowest BCUT2D eigenvalue weighted by molar-refractivity contribution is -0.136. The average molecular weight is 258 g/mol. The van der Waals surface area contributed by atoms with E-state index in [0.717, 1.165) is 16.7 Å². The van der Waals surface area contributed by atoms with Crippen LogP contribution >= 0.6 is 0 Å². The largest absolute Gasteiger partial charge is 0.481 e. The SMILES string of the molecule is Cc1ccc(C)c(-c2ncc(CC(=O)O)c(=O)[nH]2)c1. The second-order valence-corrected chi connectivity index (χ2v) is 4.48. The number of carbonyl (C=O) groups is 1. The standard InChI is InChI=1S/C14H14N2O3/c1-8-3-4-9(2)11(5-8)13-15-7-10(6-12(17)18)14(19)16-13/h3-5,7H,6H2,1-2H3,(H,17,18)(H,15,16,19). The van der Waals surface area contributed by atoms with E-state index >= 15 is 0 Å². The molecule has 0 radical (unpaired) electrons. The maximum absolute atomic E-state index is 11.8. The molecule has 0 saturated carbocycles. The first kappa shape index (κ1) is 13.0. The Morgan fingerprint density at radius 1 is 1.37 bits per heavy atom. The van der Waals surface area contributed by atoms with Crippen molar-refractivity contribution in [2.45, 2.75) is 20.3 Å². The van der Waals surface area contributed by atoms with Crippen molar-refractivity contribution in [3.05, 3.63) is 51.4 Å². The zero-order valence-electron chi connectivity index (χ0n) is 10.7. The summed E-state index contributed by atoms with van der Waals surface area (Å²) in [5, 5.41) is 8.68. The first-order valence-electron chi connectivity index (χ1n) is 5.85. The molecule has 0 bridgehead atoms. The summed E-state index contributed by atoms with van der Waals surface area (Å²) in [5.41, 5.74) is 2.66. The molecule has 2 rings (SSSR count). The fourth-order valence-corrected chi connectivity index (χ4v) is 1.84. The topological polar surface area (TPSA) is 83.0 Å². The van der Waals surface area contributed by atoms with E-state index in [1.807, 2.05) is 32.0 Å². The monoisotopic (exact) mass is 258 g/mol. The molecule has 0 amide bonds. The summed E-state index contributed by atoms with van der Waals surface area (Å²) in [6.07, 6.45) is 0.999. The lowest BCUT2D eigenvalue weighted by atomic mass is 10.1. The Hall–Kier alpha value is -2.43. The van der Waals surface area contributed by atoms with Gasteiger partial charge in [-0.05, 0) is 25.5 Å². The number of nitrogens with one attached hydrogen (secondary N) is 1. The van der Waals surface area contributed by atoms with Crippen molar-refractivity contribution in [3.8, 4) is 11.4 Å². The normalized spacial score (nSPS) is 10.4. The smallest absolute Gasteiger partial charge is 0.308 e. The highest BCUT2D eigenvalue weighted by molar-refractivity contribution is 5.70. The van der Waals surface area contributed by atoms with E-state index < -0.39 is 11.5 Å². The van der Waals surface area contributed by atoms with Gasteiger partial charge in [-0.1, -0.05) is 17.7 Å². The number of hydrogen-bond donors (Lipinski definition) is 2. The van der Waals surface area contributed by atoms with E-state index in [2.05, 4.69) is 9.97 Å². The molecule has 1 aromatic heterocycles. The van der Waals surface area contributed by atoms with Crippen LogP contribution < -0.4 is 5.56 Å². The number of carboxylic acid groups (broad SMARTS) is 1. The van der Waals surface area contributed by atoms with Gasteiger partial charge >= 0.3 is 5.97 Å². The molecule has 19 heavy (non-hydrogen) atoms. The molecule has 0 spiro atoms. The summed E-state index contributed by atoms with van der Waals surface area (Å²) in [4.78, 5) is 29.2. The Morgan fingerprint density at radius 2 is 2.11 bits per heavy atom. The maximum Gasteiger partial charge on any atom is 0.308 e. The lowest BCUT2D eigenvalue weighted by Gasteiger charge is -2.06. The van der Waals surface area contributed by atoms with Crippen LogP contribution in [-0.4, -0.2) is 21.0 Å². The number of rotatable bonds is 3. The highest BCUT2D eigenvalue weighted by Gasteiger charge is 2.09. The van der Waals surface area contributed by atoms with E-state index in [0.29, 0.717) is 5.82 Å². The Labute approximate surface area is 110 Å². The minimum Gasteiger partial charge on any atom is -0.481 e. The predicted octanol–water partition coefficient (Wildman–Crippen LogP) is 1.68. The van der Waals surface area contributed by atoms with Gasteiger partial charge in [-0.15, -0.1) is 0 Å². The van der Waals surface area contributed by atoms with Crippen LogP contribution in [0.1, 0.15) is 16.7 Å². The zero-order chi connectivity index (χ0) is 14.0. The quantitative estimate of drug-likeness (QED) is 0.877. The highest BCUT2D eigenvalue weighted by atomic mass is 16.4. The summed E-state index contributed by atoms with van der Waals surface area (Å²) in [6.45, 7) is 3.89. The number of aromatic amines is 1. The number of aryl methyl sites for hydroxylation is 2. The van der Waals surface area contributed by atoms with Crippen molar-refractivity contribution in [1.82, 2.24) is 9.97 Å². The minimum atomic E-state index is -1.05. The van der Waals surface area contributed by atoms with Gasteiger partial charge in [0.15, 0.2) is 0 Å². The summed E-state index contributed by atoms with van der Waals surface area (Å²) in [6, 6.07) is 5.87. The van der Waals surface area contributed by atoms with E-state index in [4.69, 9.17) is 5.11 Å². The average Bonchev–Trinajstić information content (AvgIpc) is 2.34. The second kappa shape index (κ2) is 5.06. The van der Waals surface area contributed by atoms with Gasteiger partial charge in [-0.2, -0.15) is 0 Å². The third-order valence-electron chi connectivity index (χ3n) is 2.86. The number of nitrogens with zero attached hydrogens (tertiary/aromatic N) is 1. The fraction of sp³-hybridized carbons (Fsp3) is 0.214. The summed E-state index contributed by atoms with van der Waals surface area (Å²) >= 11 is 0. The number of aromatic nitrogens is 2. The Morgan fingerprint density at radius 3 is 2.74 bits per heavy atom. The fourth-order valence-electron chi connectivity index (χ4n) is 1.84. The van der Waals surface area contributed by atoms with Crippen molar-refractivity contribution in [3.63, 3.8) is 0 Å². The second-order valence-electron chi connectivity index (χ2n) is 4.48. The van der Waals surface area contributed by atoms with Crippen molar-refractivity contribution in [2.24, 2.45) is 0 Å². The number of carboxylic acids is 1. The molecule has 0 unspecified atom stereocenters. The molecule has 5 heteroatoms. The van der Waals surface area contributed by atoms with E-state index in [-0.39, 0.29) is 12.0 Å². The molecule has 0 aliphatic heterocycles. The van der Waals surface area contributed by atoms with Gasteiger partial charge in [0.05, 0.1) is 6.42 Å². The molecular weight excluding hydrogens is 244 g/mol. The third kappa shape index (κ3) is 2.88. The molecule has 0 atom stereocenters. The molecule has 1 aromatic carbocycles. The van der Waals surface area contributed by atoms with Crippen LogP contribution in [0.15, 0.2) is 29.2 Å². The van der Waals surface area contributed by atoms with Crippen LogP contribution in [0, 0.1) is 13.8 Å². The Bertz CT molecular complexity index is 689. The molecule has 0 aliphatic carbocycles. The van der Waals surface area contributed by atoms with E-state index in [9.17, 15) is 9.59 Å². The van der Waals surface area contributed by atoms with Gasteiger partial charge in [-0.25, -0.2) is 4.98 Å². The molecule has 0 fully saturated rings. The van der Waals surface area contributed by atoms with Crippen LogP contribution in [0.5, 0.6) is 0 Å². The van der Waals surface area contributed by atoms with Gasteiger partial charge in [-0.3, -0.25) is 9.59 Å². The Balaban J connectivity index is 2.47. The van der Waals surface area contributed by atoms with Gasteiger partial charge in [0.1, 0.15) is 5.82 Å². The minimum absolute atomic E-state index is 0.154.